The molecular weight excluding hydrogens is 172 g/mol. The molecule has 2 rings (SSSR count). The molecule has 2 aliphatic rings. The first-order valence-electron chi connectivity index (χ1n) is 5.99. The zero-order valence-corrected chi connectivity index (χ0v) is 9.79. The van der Waals surface area contributed by atoms with Gasteiger partial charge in [-0.2, -0.15) is 0 Å². The molecular formula is C12H24N2. The predicted octanol–water partition coefficient (Wildman–Crippen LogP) is 1.84. The van der Waals surface area contributed by atoms with Gasteiger partial charge in [0.1, 0.15) is 0 Å². The van der Waals surface area contributed by atoms with Crippen molar-refractivity contribution in [1.29, 1.82) is 0 Å². The van der Waals surface area contributed by atoms with Crippen molar-refractivity contribution in [2.24, 2.45) is 17.6 Å². The van der Waals surface area contributed by atoms with Crippen LogP contribution < -0.4 is 5.73 Å². The van der Waals surface area contributed by atoms with Crippen molar-refractivity contribution in [3.8, 4) is 0 Å². The summed E-state index contributed by atoms with van der Waals surface area (Å²) in [5.74, 6) is 1.53. The number of nitrogens with two attached hydrogens (primary N) is 1. The molecule has 2 nitrogen and oxygen atoms in total. The van der Waals surface area contributed by atoms with Crippen LogP contribution in [0.1, 0.15) is 40.0 Å². The molecule has 1 aliphatic carbocycles. The minimum Gasteiger partial charge on any atom is -0.327 e. The molecule has 2 bridgehead atoms. The predicted molar refractivity (Wildman–Crippen MR) is 60.1 cm³/mol. The van der Waals surface area contributed by atoms with E-state index < -0.39 is 0 Å². The second-order valence-electron chi connectivity index (χ2n) is 6.10. The van der Waals surface area contributed by atoms with Crippen molar-refractivity contribution < 1.29 is 0 Å². The van der Waals surface area contributed by atoms with E-state index in [1.807, 2.05) is 0 Å². The summed E-state index contributed by atoms with van der Waals surface area (Å²) in [6.07, 6.45) is 4.11. The Morgan fingerprint density at radius 1 is 1.07 bits per heavy atom. The van der Waals surface area contributed by atoms with Gasteiger partial charge in [0.05, 0.1) is 0 Å². The third-order valence-electron chi connectivity index (χ3n) is 4.10. The van der Waals surface area contributed by atoms with Crippen molar-refractivity contribution in [3.63, 3.8) is 0 Å². The number of hydrogen-bond acceptors (Lipinski definition) is 2. The minimum absolute atomic E-state index is 0.327. The van der Waals surface area contributed by atoms with Crippen molar-refractivity contribution in [2.75, 3.05) is 13.1 Å². The molecule has 82 valence electrons. The van der Waals surface area contributed by atoms with Gasteiger partial charge < -0.3 is 5.73 Å². The zero-order valence-electron chi connectivity index (χ0n) is 9.79. The molecule has 2 N–H and O–H groups in total. The van der Waals surface area contributed by atoms with Crippen LogP contribution in [0.4, 0.5) is 0 Å². The maximum absolute atomic E-state index is 6.26. The average Bonchev–Trinajstić information content (AvgIpc) is 2.00. The summed E-state index contributed by atoms with van der Waals surface area (Å²) in [5, 5.41) is 0. The first kappa shape index (κ1) is 10.4. The van der Waals surface area contributed by atoms with Crippen LogP contribution in [0.25, 0.3) is 0 Å². The second kappa shape index (κ2) is 3.49. The first-order valence-corrected chi connectivity index (χ1v) is 5.99. The topological polar surface area (TPSA) is 29.3 Å². The largest absolute Gasteiger partial charge is 0.327 e. The molecule has 1 saturated carbocycles. The summed E-state index contributed by atoms with van der Waals surface area (Å²) in [6.45, 7) is 9.40. The fourth-order valence-corrected chi connectivity index (χ4v) is 3.03. The van der Waals surface area contributed by atoms with Gasteiger partial charge in [-0.15, -0.1) is 0 Å². The van der Waals surface area contributed by atoms with Gasteiger partial charge >= 0.3 is 0 Å². The maximum atomic E-state index is 6.26. The van der Waals surface area contributed by atoms with E-state index >= 15 is 0 Å². The summed E-state index contributed by atoms with van der Waals surface area (Å²) in [6, 6.07) is 0.488. The Bertz CT molecular complexity index is 193. The van der Waals surface area contributed by atoms with Crippen molar-refractivity contribution in [1.82, 2.24) is 4.90 Å². The Hall–Kier alpha value is -0.0800. The molecule has 2 fully saturated rings. The summed E-state index contributed by atoms with van der Waals surface area (Å²) in [5.41, 5.74) is 6.59. The highest BCUT2D eigenvalue weighted by Gasteiger charge is 2.40. The molecule has 14 heavy (non-hydrogen) atoms. The van der Waals surface area contributed by atoms with E-state index in [9.17, 15) is 0 Å². The molecule has 0 spiro atoms. The summed E-state index contributed by atoms with van der Waals surface area (Å²) >= 11 is 0. The molecule has 1 saturated heterocycles. The Labute approximate surface area is 87.8 Å². The van der Waals surface area contributed by atoms with E-state index in [2.05, 4.69) is 25.7 Å². The van der Waals surface area contributed by atoms with Gasteiger partial charge in [0, 0.05) is 24.7 Å². The van der Waals surface area contributed by atoms with Crippen molar-refractivity contribution >= 4 is 0 Å². The molecule has 0 amide bonds. The van der Waals surface area contributed by atoms with Gasteiger partial charge in [0.2, 0.25) is 0 Å². The summed E-state index contributed by atoms with van der Waals surface area (Å²) < 4.78 is 0. The number of fused-ring (bicyclic) bond motifs is 2. The molecule has 2 heteroatoms. The fraction of sp³-hybridized carbons (Fsp3) is 1.00. The van der Waals surface area contributed by atoms with E-state index in [0.717, 1.165) is 11.8 Å². The second-order valence-corrected chi connectivity index (χ2v) is 6.10. The Balaban J connectivity index is 2.08. The summed E-state index contributed by atoms with van der Waals surface area (Å²) in [7, 11) is 0. The lowest BCUT2D eigenvalue weighted by Crippen LogP contribution is -2.59. The number of rotatable bonds is 0. The Morgan fingerprint density at radius 3 is 2.00 bits per heavy atom. The first-order chi connectivity index (χ1) is 6.48. The van der Waals surface area contributed by atoms with Gasteiger partial charge in [-0.25, -0.2) is 0 Å². The van der Waals surface area contributed by atoms with Crippen LogP contribution in [0.5, 0.6) is 0 Å². The fourth-order valence-electron chi connectivity index (χ4n) is 3.03. The lowest BCUT2D eigenvalue weighted by atomic mass is 9.73. The summed E-state index contributed by atoms with van der Waals surface area (Å²) in [4.78, 5) is 2.63. The lowest BCUT2D eigenvalue weighted by molar-refractivity contribution is 0.00864. The zero-order chi connectivity index (χ0) is 10.3. The Kier molecular flexibility index (Phi) is 2.61. The third kappa shape index (κ3) is 1.82. The number of hydrogen-bond donors (Lipinski definition) is 1. The van der Waals surface area contributed by atoms with Crippen LogP contribution in [0.2, 0.25) is 0 Å². The lowest BCUT2D eigenvalue weighted by Gasteiger charge is -2.50. The molecule has 1 aliphatic heterocycles. The van der Waals surface area contributed by atoms with Crippen LogP contribution in [-0.4, -0.2) is 29.6 Å². The minimum atomic E-state index is 0.327. The van der Waals surface area contributed by atoms with Crippen molar-refractivity contribution in [2.45, 2.75) is 51.6 Å². The maximum Gasteiger partial charge on any atom is 0.0125 e. The highest BCUT2D eigenvalue weighted by molar-refractivity contribution is 4.95. The van der Waals surface area contributed by atoms with Gasteiger partial charge in [0.25, 0.3) is 0 Å². The van der Waals surface area contributed by atoms with Crippen LogP contribution in [-0.2, 0) is 0 Å². The molecule has 0 aromatic rings. The van der Waals surface area contributed by atoms with E-state index in [0.29, 0.717) is 11.6 Å². The van der Waals surface area contributed by atoms with Gasteiger partial charge in [-0.1, -0.05) is 6.42 Å². The van der Waals surface area contributed by atoms with E-state index in [4.69, 9.17) is 5.73 Å². The molecule has 1 heterocycles. The monoisotopic (exact) mass is 196 g/mol. The number of piperidine rings is 1. The Morgan fingerprint density at radius 2 is 1.57 bits per heavy atom. The molecule has 2 unspecified atom stereocenters. The van der Waals surface area contributed by atoms with Gasteiger partial charge in [0.15, 0.2) is 0 Å². The van der Waals surface area contributed by atoms with Crippen LogP contribution >= 0.6 is 0 Å². The van der Waals surface area contributed by atoms with E-state index in [1.165, 1.54) is 32.4 Å². The standard InChI is InChI=1S/C12H24N2/c1-12(2,3)14-7-9-5-4-6-10(8-14)11(9)13/h9-11H,4-8,13H2,1-3H3. The third-order valence-corrected chi connectivity index (χ3v) is 4.10. The smallest absolute Gasteiger partial charge is 0.0125 e. The highest BCUT2D eigenvalue weighted by Crippen LogP contribution is 2.36. The van der Waals surface area contributed by atoms with Gasteiger partial charge in [-0.3, -0.25) is 4.90 Å². The highest BCUT2D eigenvalue weighted by atomic mass is 15.2. The van der Waals surface area contributed by atoms with Crippen LogP contribution in [0.3, 0.4) is 0 Å². The normalized spacial score (nSPS) is 39.9. The van der Waals surface area contributed by atoms with E-state index in [-0.39, 0.29) is 0 Å². The van der Waals surface area contributed by atoms with Crippen molar-refractivity contribution in [3.05, 3.63) is 0 Å². The molecule has 0 radical (unpaired) electrons. The number of likely N-dealkylation sites (tertiary alicyclic amines) is 1. The molecule has 0 aromatic heterocycles. The average molecular weight is 196 g/mol. The van der Waals surface area contributed by atoms with Crippen LogP contribution in [0.15, 0.2) is 0 Å². The quantitative estimate of drug-likeness (QED) is 0.640. The van der Waals surface area contributed by atoms with Crippen LogP contribution in [0, 0.1) is 11.8 Å². The van der Waals surface area contributed by atoms with Gasteiger partial charge in [-0.05, 0) is 45.4 Å². The molecule has 2 atom stereocenters. The number of nitrogens with zero attached hydrogens (tertiary/aromatic N) is 1. The SMILES string of the molecule is CC(C)(C)N1CC2CCCC(C1)C2N. The van der Waals surface area contributed by atoms with E-state index in [1.54, 1.807) is 0 Å². The molecule has 0 aromatic carbocycles.